The number of rotatable bonds is 8. The molecule has 39 heavy (non-hydrogen) atoms. The van der Waals surface area contributed by atoms with E-state index >= 15 is 0 Å². The summed E-state index contributed by atoms with van der Waals surface area (Å²) in [5.41, 5.74) is 3.75. The molecule has 1 atom stereocenters. The molecule has 7 heteroatoms. The molecule has 1 aromatic heterocycles. The Morgan fingerprint density at radius 1 is 0.949 bits per heavy atom. The van der Waals surface area contributed by atoms with Crippen molar-refractivity contribution in [3.63, 3.8) is 0 Å². The van der Waals surface area contributed by atoms with Crippen LogP contribution >= 0.6 is 0 Å². The van der Waals surface area contributed by atoms with Gasteiger partial charge in [-0.05, 0) is 36.1 Å². The lowest BCUT2D eigenvalue weighted by molar-refractivity contribution is -0.134. The summed E-state index contributed by atoms with van der Waals surface area (Å²) in [6.07, 6.45) is 1.98. The highest BCUT2D eigenvalue weighted by Crippen LogP contribution is 2.37. The zero-order chi connectivity index (χ0) is 26.8. The Morgan fingerprint density at radius 2 is 1.62 bits per heavy atom. The third kappa shape index (κ3) is 5.27. The third-order valence-corrected chi connectivity index (χ3v) is 7.42. The van der Waals surface area contributed by atoms with Gasteiger partial charge in [-0.15, -0.1) is 0 Å². The van der Waals surface area contributed by atoms with Gasteiger partial charge in [-0.1, -0.05) is 60.7 Å². The van der Waals surface area contributed by atoms with Crippen molar-refractivity contribution in [2.45, 2.75) is 31.4 Å². The van der Waals surface area contributed by atoms with E-state index in [-0.39, 0.29) is 18.8 Å². The number of aromatic nitrogens is 1. The van der Waals surface area contributed by atoms with E-state index in [9.17, 15) is 4.79 Å². The standard InChI is InChI=1S/C32H33N3O4/c1-34(2)31-25(16-24-17-28-29(39-21-38-28)18-27(24)33-31)19-35(20-26-14-9-15-37-26)32(36)30(22-10-5-3-6-11-22)23-12-7-4-8-13-23/h3-8,10-13,16-18,26,30H,9,14-15,19-21H2,1-2H3. The molecule has 2 aliphatic heterocycles. The molecular weight excluding hydrogens is 490 g/mol. The minimum Gasteiger partial charge on any atom is -0.454 e. The van der Waals surface area contributed by atoms with Crippen LogP contribution in [0.5, 0.6) is 11.5 Å². The van der Waals surface area contributed by atoms with Crippen molar-refractivity contribution < 1.29 is 19.0 Å². The first-order chi connectivity index (χ1) is 19.1. The molecule has 0 N–H and O–H groups in total. The molecule has 3 heterocycles. The summed E-state index contributed by atoms with van der Waals surface area (Å²) in [4.78, 5) is 23.5. The minimum atomic E-state index is -0.418. The van der Waals surface area contributed by atoms with Crippen LogP contribution in [0, 0.1) is 0 Å². The van der Waals surface area contributed by atoms with Crippen LogP contribution in [0.15, 0.2) is 78.9 Å². The van der Waals surface area contributed by atoms with Crippen molar-refractivity contribution in [3.05, 3.63) is 95.6 Å². The van der Waals surface area contributed by atoms with E-state index in [1.807, 2.05) is 96.7 Å². The molecule has 0 bridgehead atoms. The molecule has 0 aliphatic carbocycles. The number of anilines is 1. The fraction of sp³-hybridized carbons (Fsp3) is 0.312. The number of benzene rings is 3. The van der Waals surface area contributed by atoms with Crippen molar-refractivity contribution in [2.24, 2.45) is 0 Å². The molecule has 1 fully saturated rings. The average Bonchev–Trinajstić information content (AvgIpc) is 3.64. The maximum atomic E-state index is 14.5. The molecule has 6 rings (SSSR count). The molecule has 200 valence electrons. The Hall–Kier alpha value is -4.10. The van der Waals surface area contributed by atoms with Gasteiger partial charge in [0.05, 0.1) is 17.5 Å². The molecule has 0 spiro atoms. The summed E-state index contributed by atoms with van der Waals surface area (Å²) in [5, 5.41) is 0.951. The molecule has 0 radical (unpaired) electrons. The Morgan fingerprint density at radius 3 is 2.23 bits per heavy atom. The number of amides is 1. The second kappa shape index (κ2) is 10.9. The first-order valence-electron chi connectivity index (χ1n) is 13.5. The van der Waals surface area contributed by atoms with Crippen molar-refractivity contribution >= 4 is 22.6 Å². The second-order valence-corrected chi connectivity index (χ2v) is 10.4. The van der Waals surface area contributed by atoms with Gasteiger partial charge in [-0.3, -0.25) is 4.79 Å². The largest absolute Gasteiger partial charge is 0.454 e. The van der Waals surface area contributed by atoms with Crippen LogP contribution in [0.3, 0.4) is 0 Å². The van der Waals surface area contributed by atoms with Crippen molar-refractivity contribution in [3.8, 4) is 11.5 Å². The van der Waals surface area contributed by atoms with Crippen LogP contribution in [0.1, 0.15) is 35.4 Å². The Balaban J connectivity index is 1.41. The van der Waals surface area contributed by atoms with Crippen LogP contribution in [0.2, 0.25) is 0 Å². The number of hydrogen-bond donors (Lipinski definition) is 0. The number of nitrogens with zero attached hydrogens (tertiary/aromatic N) is 3. The minimum absolute atomic E-state index is 0.0196. The summed E-state index contributed by atoms with van der Waals surface area (Å²) in [6.45, 7) is 1.89. The number of carbonyl (C=O) groups is 1. The first kappa shape index (κ1) is 25.2. The van der Waals surface area contributed by atoms with Crippen LogP contribution in [-0.2, 0) is 16.1 Å². The molecule has 1 unspecified atom stereocenters. The van der Waals surface area contributed by atoms with Gasteiger partial charge < -0.3 is 24.0 Å². The van der Waals surface area contributed by atoms with E-state index in [1.54, 1.807) is 0 Å². The summed E-state index contributed by atoms with van der Waals surface area (Å²) >= 11 is 0. The molecule has 2 aliphatic rings. The van der Waals surface area contributed by atoms with Gasteiger partial charge in [-0.25, -0.2) is 4.98 Å². The van der Waals surface area contributed by atoms with E-state index in [1.165, 1.54) is 0 Å². The van der Waals surface area contributed by atoms with E-state index in [0.717, 1.165) is 52.9 Å². The Labute approximate surface area is 228 Å². The maximum Gasteiger partial charge on any atom is 0.234 e. The lowest BCUT2D eigenvalue weighted by Crippen LogP contribution is -2.40. The van der Waals surface area contributed by atoms with Gasteiger partial charge in [0.1, 0.15) is 5.82 Å². The van der Waals surface area contributed by atoms with Gasteiger partial charge >= 0.3 is 0 Å². The monoisotopic (exact) mass is 523 g/mol. The highest BCUT2D eigenvalue weighted by molar-refractivity contribution is 5.88. The zero-order valence-electron chi connectivity index (χ0n) is 22.4. The Bertz CT molecular complexity index is 1410. The van der Waals surface area contributed by atoms with Crippen LogP contribution in [0.25, 0.3) is 10.9 Å². The summed E-state index contributed by atoms with van der Waals surface area (Å²) in [7, 11) is 3.96. The summed E-state index contributed by atoms with van der Waals surface area (Å²) < 4.78 is 17.2. The van der Waals surface area contributed by atoms with Gasteiger partial charge in [-0.2, -0.15) is 0 Å². The molecule has 1 saturated heterocycles. The van der Waals surface area contributed by atoms with Gasteiger partial charge in [0.15, 0.2) is 11.5 Å². The van der Waals surface area contributed by atoms with Crippen LogP contribution in [-0.4, -0.2) is 55.9 Å². The van der Waals surface area contributed by atoms with E-state index in [0.29, 0.717) is 24.6 Å². The topological polar surface area (TPSA) is 64.1 Å². The number of carbonyl (C=O) groups excluding carboxylic acids is 1. The maximum absolute atomic E-state index is 14.5. The molecule has 0 saturated carbocycles. The SMILES string of the molecule is CN(C)c1nc2cc3c(cc2cc1CN(CC1CCCO1)C(=O)C(c1ccccc1)c1ccccc1)OCO3. The lowest BCUT2D eigenvalue weighted by atomic mass is 9.89. The van der Waals surface area contributed by atoms with E-state index < -0.39 is 5.92 Å². The van der Waals surface area contributed by atoms with Crippen molar-refractivity contribution in [2.75, 3.05) is 38.9 Å². The Kier molecular flexibility index (Phi) is 7.07. The molecule has 7 nitrogen and oxygen atoms in total. The zero-order valence-corrected chi connectivity index (χ0v) is 22.4. The van der Waals surface area contributed by atoms with Crippen LogP contribution in [0.4, 0.5) is 5.82 Å². The van der Waals surface area contributed by atoms with Crippen molar-refractivity contribution in [1.29, 1.82) is 0 Å². The van der Waals surface area contributed by atoms with E-state index in [2.05, 4.69) is 6.07 Å². The fourth-order valence-corrected chi connectivity index (χ4v) is 5.52. The molecule has 4 aromatic rings. The van der Waals surface area contributed by atoms with Gasteiger partial charge in [0.25, 0.3) is 0 Å². The van der Waals surface area contributed by atoms with Gasteiger partial charge in [0, 0.05) is 50.8 Å². The molecule has 1 amide bonds. The predicted molar refractivity (Wildman–Crippen MR) is 151 cm³/mol. The normalized spacial score (nSPS) is 16.1. The summed E-state index contributed by atoms with van der Waals surface area (Å²) in [5.74, 6) is 1.88. The van der Waals surface area contributed by atoms with Crippen LogP contribution < -0.4 is 14.4 Å². The molecule has 3 aromatic carbocycles. The lowest BCUT2D eigenvalue weighted by Gasteiger charge is -2.31. The fourth-order valence-electron chi connectivity index (χ4n) is 5.52. The third-order valence-electron chi connectivity index (χ3n) is 7.42. The predicted octanol–water partition coefficient (Wildman–Crippen LogP) is 5.37. The smallest absolute Gasteiger partial charge is 0.234 e. The number of ether oxygens (including phenoxy) is 3. The quantitative estimate of drug-likeness (QED) is 0.310. The first-order valence-corrected chi connectivity index (χ1v) is 13.5. The number of hydrogen-bond acceptors (Lipinski definition) is 6. The highest BCUT2D eigenvalue weighted by atomic mass is 16.7. The average molecular weight is 524 g/mol. The molecular formula is C32H33N3O4. The number of pyridine rings is 1. The highest BCUT2D eigenvalue weighted by Gasteiger charge is 2.31. The number of fused-ring (bicyclic) bond motifs is 2. The van der Waals surface area contributed by atoms with Gasteiger partial charge in [0.2, 0.25) is 12.7 Å². The summed E-state index contributed by atoms with van der Waals surface area (Å²) in [6, 6.07) is 26.1. The second-order valence-electron chi connectivity index (χ2n) is 10.4. The van der Waals surface area contributed by atoms with Crippen molar-refractivity contribution in [1.82, 2.24) is 9.88 Å². The van der Waals surface area contributed by atoms with E-state index in [4.69, 9.17) is 19.2 Å².